The highest BCUT2D eigenvalue weighted by atomic mass is 32.2. The lowest BCUT2D eigenvalue weighted by atomic mass is 10.1. The molecule has 0 saturated carbocycles. The van der Waals surface area contributed by atoms with E-state index in [0.717, 1.165) is 27.8 Å². The molecule has 1 aliphatic rings. The fourth-order valence-electron chi connectivity index (χ4n) is 3.34. The van der Waals surface area contributed by atoms with Crippen molar-refractivity contribution in [3.8, 4) is 11.5 Å². The molecule has 2 aromatic rings. The molecular weight excluding hydrogens is 428 g/mol. The topological polar surface area (TPSA) is 84.9 Å². The fourth-order valence-corrected chi connectivity index (χ4v) is 4.17. The molecule has 2 aromatic carbocycles. The van der Waals surface area contributed by atoms with E-state index in [1.807, 2.05) is 45.9 Å². The zero-order valence-corrected chi connectivity index (χ0v) is 19.4. The quantitative estimate of drug-likeness (QED) is 0.578. The molecule has 1 fully saturated rings. The van der Waals surface area contributed by atoms with Crippen LogP contribution in [0.4, 0.5) is 10.5 Å². The Balaban J connectivity index is 1.73. The van der Waals surface area contributed by atoms with Crippen LogP contribution in [-0.4, -0.2) is 41.7 Å². The van der Waals surface area contributed by atoms with Crippen molar-refractivity contribution in [2.75, 3.05) is 25.1 Å². The Labute approximate surface area is 191 Å². The minimum Gasteiger partial charge on any atom is -0.490 e. The first-order chi connectivity index (χ1) is 15.3. The number of aryl methyl sites for hydroxylation is 2. The second-order valence-electron chi connectivity index (χ2n) is 7.26. The molecule has 0 aliphatic carbocycles. The molecule has 0 spiro atoms. The molecule has 1 saturated heterocycles. The van der Waals surface area contributed by atoms with Crippen LogP contribution in [0.5, 0.6) is 11.5 Å². The number of rotatable bonds is 8. The number of nitrogens with zero attached hydrogens (tertiary/aromatic N) is 1. The summed E-state index contributed by atoms with van der Waals surface area (Å²) < 4.78 is 11.2. The van der Waals surface area contributed by atoms with Gasteiger partial charge in [0.15, 0.2) is 11.5 Å². The van der Waals surface area contributed by atoms with E-state index >= 15 is 0 Å². The average Bonchev–Trinajstić information content (AvgIpc) is 2.97. The SMILES string of the molecule is CCOc1ccc(/C=C2/SC(=O)N(CC(=O)Nc3cc(C)cc(C)c3)C2=O)cc1OCC. The Hall–Kier alpha value is -3.26. The van der Waals surface area contributed by atoms with Gasteiger partial charge in [0.05, 0.1) is 18.1 Å². The van der Waals surface area contributed by atoms with E-state index in [0.29, 0.717) is 36.0 Å². The number of benzene rings is 2. The second-order valence-corrected chi connectivity index (χ2v) is 8.26. The normalized spacial score (nSPS) is 14.8. The average molecular weight is 455 g/mol. The lowest BCUT2D eigenvalue weighted by Crippen LogP contribution is -2.36. The van der Waals surface area contributed by atoms with E-state index in [2.05, 4.69) is 5.32 Å². The monoisotopic (exact) mass is 454 g/mol. The van der Waals surface area contributed by atoms with Crippen LogP contribution in [0, 0.1) is 13.8 Å². The first kappa shape index (κ1) is 23.4. The van der Waals surface area contributed by atoms with Gasteiger partial charge in [0.25, 0.3) is 11.1 Å². The van der Waals surface area contributed by atoms with Gasteiger partial charge >= 0.3 is 0 Å². The summed E-state index contributed by atoms with van der Waals surface area (Å²) in [4.78, 5) is 38.8. The van der Waals surface area contributed by atoms with Crippen LogP contribution in [0.1, 0.15) is 30.5 Å². The van der Waals surface area contributed by atoms with E-state index in [4.69, 9.17) is 9.47 Å². The molecule has 32 heavy (non-hydrogen) atoms. The zero-order chi connectivity index (χ0) is 23.3. The van der Waals surface area contributed by atoms with Gasteiger partial charge in [-0.25, -0.2) is 0 Å². The van der Waals surface area contributed by atoms with Gasteiger partial charge in [-0.05, 0) is 86.5 Å². The Bertz CT molecular complexity index is 1060. The summed E-state index contributed by atoms with van der Waals surface area (Å²) in [6.07, 6.45) is 1.62. The lowest BCUT2D eigenvalue weighted by Gasteiger charge is -2.13. The highest BCUT2D eigenvalue weighted by Gasteiger charge is 2.36. The van der Waals surface area contributed by atoms with E-state index in [9.17, 15) is 14.4 Å². The van der Waals surface area contributed by atoms with Gasteiger partial charge in [0.1, 0.15) is 6.54 Å². The summed E-state index contributed by atoms with van der Waals surface area (Å²) in [6, 6.07) is 11.0. The summed E-state index contributed by atoms with van der Waals surface area (Å²) in [5.41, 5.74) is 3.35. The summed E-state index contributed by atoms with van der Waals surface area (Å²) in [7, 11) is 0. The van der Waals surface area contributed by atoms with E-state index in [1.165, 1.54) is 0 Å². The van der Waals surface area contributed by atoms with Gasteiger partial charge in [-0.2, -0.15) is 0 Å². The smallest absolute Gasteiger partial charge is 0.294 e. The Kier molecular flexibility index (Phi) is 7.58. The van der Waals surface area contributed by atoms with E-state index < -0.39 is 17.1 Å². The highest BCUT2D eigenvalue weighted by molar-refractivity contribution is 8.18. The minimum atomic E-state index is -0.498. The Morgan fingerprint density at radius 3 is 2.31 bits per heavy atom. The zero-order valence-electron chi connectivity index (χ0n) is 18.6. The van der Waals surface area contributed by atoms with Crippen LogP contribution < -0.4 is 14.8 Å². The number of hydrogen-bond donors (Lipinski definition) is 1. The van der Waals surface area contributed by atoms with E-state index in [1.54, 1.807) is 24.3 Å². The number of carbonyl (C=O) groups excluding carboxylic acids is 3. The number of amides is 3. The summed E-state index contributed by atoms with van der Waals surface area (Å²) in [6.45, 7) is 8.25. The molecule has 0 bridgehead atoms. The van der Waals surface area contributed by atoms with Crippen molar-refractivity contribution in [1.29, 1.82) is 0 Å². The molecule has 3 amide bonds. The van der Waals surface area contributed by atoms with Crippen molar-refractivity contribution in [2.24, 2.45) is 0 Å². The van der Waals surface area contributed by atoms with Crippen molar-refractivity contribution in [3.05, 3.63) is 58.0 Å². The fraction of sp³-hybridized carbons (Fsp3) is 0.292. The van der Waals surface area contributed by atoms with Crippen molar-refractivity contribution in [2.45, 2.75) is 27.7 Å². The maximum absolute atomic E-state index is 12.8. The molecule has 3 rings (SSSR count). The number of nitrogens with one attached hydrogen (secondary N) is 1. The number of carbonyl (C=O) groups is 3. The van der Waals surface area contributed by atoms with Gasteiger partial charge in [-0.15, -0.1) is 0 Å². The summed E-state index contributed by atoms with van der Waals surface area (Å²) in [5, 5.41) is 2.27. The van der Waals surface area contributed by atoms with Crippen molar-refractivity contribution < 1.29 is 23.9 Å². The maximum atomic E-state index is 12.8. The molecule has 0 radical (unpaired) electrons. The van der Waals surface area contributed by atoms with Crippen LogP contribution in [0.15, 0.2) is 41.3 Å². The summed E-state index contributed by atoms with van der Waals surface area (Å²) in [5.74, 6) is 0.249. The highest BCUT2D eigenvalue weighted by Crippen LogP contribution is 2.34. The number of anilines is 1. The number of ether oxygens (including phenoxy) is 2. The van der Waals surface area contributed by atoms with E-state index in [-0.39, 0.29) is 11.4 Å². The Morgan fingerprint density at radius 1 is 1.00 bits per heavy atom. The largest absolute Gasteiger partial charge is 0.490 e. The first-order valence-electron chi connectivity index (χ1n) is 10.3. The van der Waals surface area contributed by atoms with Crippen LogP contribution >= 0.6 is 11.8 Å². The van der Waals surface area contributed by atoms with Gasteiger partial charge in [-0.3, -0.25) is 19.3 Å². The molecule has 8 heteroatoms. The van der Waals surface area contributed by atoms with Crippen LogP contribution in [0.3, 0.4) is 0 Å². The lowest BCUT2D eigenvalue weighted by molar-refractivity contribution is -0.127. The molecule has 7 nitrogen and oxygen atoms in total. The number of imide groups is 1. The van der Waals surface area contributed by atoms with Crippen molar-refractivity contribution in [1.82, 2.24) is 4.90 Å². The molecule has 0 atom stereocenters. The van der Waals surface area contributed by atoms with Crippen molar-refractivity contribution >= 4 is 40.6 Å². The molecule has 0 aromatic heterocycles. The minimum absolute atomic E-state index is 0.251. The molecule has 1 aliphatic heterocycles. The number of thioether (sulfide) groups is 1. The molecule has 168 valence electrons. The second kappa shape index (κ2) is 10.4. The van der Waals surface area contributed by atoms with Gasteiger partial charge in [-0.1, -0.05) is 12.1 Å². The molecular formula is C24H26N2O5S. The third-order valence-corrected chi connectivity index (χ3v) is 5.45. The third-order valence-electron chi connectivity index (χ3n) is 4.55. The number of hydrogen-bond acceptors (Lipinski definition) is 6. The van der Waals surface area contributed by atoms with Gasteiger partial charge < -0.3 is 14.8 Å². The Morgan fingerprint density at radius 2 is 1.66 bits per heavy atom. The third kappa shape index (κ3) is 5.70. The van der Waals surface area contributed by atoms with Gasteiger partial charge in [0, 0.05) is 5.69 Å². The van der Waals surface area contributed by atoms with Crippen LogP contribution in [-0.2, 0) is 9.59 Å². The molecule has 1 N–H and O–H groups in total. The molecule has 1 heterocycles. The van der Waals surface area contributed by atoms with Crippen molar-refractivity contribution in [3.63, 3.8) is 0 Å². The standard InChI is InChI=1S/C24H26N2O5S/c1-5-30-19-8-7-17(12-20(19)31-6-2)13-21-23(28)26(24(29)32-21)14-22(27)25-18-10-15(3)9-16(4)11-18/h7-13H,5-6,14H2,1-4H3,(H,25,27)/b21-13+. The van der Waals surface area contributed by atoms with Crippen LogP contribution in [0.25, 0.3) is 6.08 Å². The maximum Gasteiger partial charge on any atom is 0.294 e. The van der Waals surface area contributed by atoms with Gasteiger partial charge in [0.2, 0.25) is 5.91 Å². The predicted molar refractivity (Wildman–Crippen MR) is 126 cm³/mol. The van der Waals surface area contributed by atoms with Crippen LogP contribution in [0.2, 0.25) is 0 Å². The predicted octanol–water partition coefficient (Wildman–Crippen LogP) is 4.78. The summed E-state index contributed by atoms with van der Waals surface area (Å²) >= 11 is 0.810. The molecule has 0 unspecified atom stereocenters. The first-order valence-corrected chi connectivity index (χ1v) is 11.2.